The number of nitrogens with zero attached hydrogens (tertiary/aromatic N) is 1. The van der Waals surface area contributed by atoms with E-state index in [9.17, 15) is 9.59 Å². The number of ether oxygens (including phenoxy) is 2. The number of para-hydroxylation sites is 2. The van der Waals surface area contributed by atoms with Gasteiger partial charge in [0, 0.05) is 11.8 Å². The van der Waals surface area contributed by atoms with E-state index in [-0.39, 0.29) is 5.70 Å². The van der Waals surface area contributed by atoms with Crippen LogP contribution in [0, 0.1) is 13.8 Å². The lowest BCUT2D eigenvalue weighted by Gasteiger charge is -2.18. The molecule has 0 radical (unpaired) electrons. The molecule has 0 bridgehead atoms. The molecule has 0 unspecified atom stereocenters. The fourth-order valence-electron chi connectivity index (χ4n) is 3.69. The van der Waals surface area contributed by atoms with Crippen LogP contribution >= 0.6 is 0 Å². The molecule has 0 saturated heterocycles. The molecule has 1 aliphatic rings. The molecule has 3 aromatic rings. The second-order valence-corrected chi connectivity index (χ2v) is 7.52. The van der Waals surface area contributed by atoms with E-state index >= 15 is 0 Å². The highest BCUT2D eigenvalue weighted by Gasteiger charge is 2.41. The van der Waals surface area contributed by atoms with E-state index in [4.69, 9.17) is 9.47 Å². The zero-order chi connectivity index (χ0) is 22.8. The van der Waals surface area contributed by atoms with Crippen LogP contribution in [0.5, 0.6) is 11.5 Å². The fourth-order valence-corrected chi connectivity index (χ4v) is 3.69. The first-order valence-electron chi connectivity index (χ1n) is 10.2. The van der Waals surface area contributed by atoms with Gasteiger partial charge >= 0.3 is 0 Å². The highest BCUT2D eigenvalue weighted by Crippen LogP contribution is 2.38. The number of methoxy groups -OCH3 is 2. The van der Waals surface area contributed by atoms with Crippen molar-refractivity contribution in [1.29, 1.82) is 0 Å². The summed E-state index contributed by atoms with van der Waals surface area (Å²) in [6, 6.07) is 19.9. The van der Waals surface area contributed by atoms with Gasteiger partial charge in [0.25, 0.3) is 11.8 Å². The summed E-state index contributed by atoms with van der Waals surface area (Å²) in [7, 11) is 3.09. The van der Waals surface area contributed by atoms with E-state index in [2.05, 4.69) is 5.32 Å². The third-order valence-electron chi connectivity index (χ3n) is 5.54. The maximum absolute atomic E-state index is 13.6. The molecule has 0 fully saturated rings. The number of nitrogens with one attached hydrogen (secondary N) is 1. The lowest BCUT2D eigenvalue weighted by Crippen LogP contribution is -2.32. The van der Waals surface area contributed by atoms with Gasteiger partial charge < -0.3 is 14.8 Å². The highest BCUT2D eigenvalue weighted by atomic mass is 16.5. The molecule has 1 N–H and O–H groups in total. The summed E-state index contributed by atoms with van der Waals surface area (Å²) in [5.74, 6) is 0.224. The van der Waals surface area contributed by atoms with Crippen molar-refractivity contribution < 1.29 is 19.1 Å². The summed E-state index contributed by atoms with van der Waals surface area (Å²) in [4.78, 5) is 28.4. The Morgan fingerprint density at radius 2 is 1.56 bits per heavy atom. The van der Waals surface area contributed by atoms with E-state index in [0.717, 1.165) is 16.0 Å². The molecule has 3 aromatic carbocycles. The summed E-state index contributed by atoms with van der Waals surface area (Å²) in [5.41, 5.74) is 4.37. The summed E-state index contributed by atoms with van der Waals surface area (Å²) in [5, 5.41) is 3.16. The molecule has 162 valence electrons. The Bertz CT molecular complexity index is 1250. The van der Waals surface area contributed by atoms with Crippen LogP contribution in [0.15, 0.2) is 72.4 Å². The van der Waals surface area contributed by atoms with Crippen LogP contribution < -0.4 is 19.7 Å². The molecule has 0 atom stereocenters. The molecular weight excluding hydrogens is 404 g/mol. The van der Waals surface area contributed by atoms with Gasteiger partial charge in [0.1, 0.15) is 17.2 Å². The maximum Gasteiger partial charge on any atom is 0.282 e. The van der Waals surface area contributed by atoms with Crippen LogP contribution in [0.3, 0.4) is 0 Å². The first-order valence-corrected chi connectivity index (χ1v) is 10.2. The van der Waals surface area contributed by atoms with Crippen LogP contribution in [-0.4, -0.2) is 26.0 Å². The van der Waals surface area contributed by atoms with Crippen molar-refractivity contribution in [3.8, 4) is 11.5 Å². The molecule has 0 saturated carbocycles. The summed E-state index contributed by atoms with van der Waals surface area (Å²) < 4.78 is 10.7. The smallest absolute Gasteiger partial charge is 0.282 e. The van der Waals surface area contributed by atoms with Gasteiger partial charge in [-0.15, -0.1) is 0 Å². The van der Waals surface area contributed by atoms with Crippen LogP contribution in [0.2, 0.25) is 0 Å². The Morgan fingerprint density at radius 3 is 2.28 bits per heavy atom. The Morgan fingerprint density at radius 1 is 0.781 bits per heavy atom. The SMILES string of the molecule is COc1cccc(NC2=C(c3ccc(C)c(C)c3)C(=O)N(c3ccccc3OC)C2=O)c1. The van der Waals surface area contributed by atoms with Crippen LogP contribution in [0.4, 0.5) is 11.4 Å². The summed E-state index contributed by atoms with van der Waals surface area (Å²) in [6.07, 6.45) is 0. The van der Waals surface area contributed by atoms with Gasteiger partial charge in [-0.05, 0) is 54.8 Å². The Balaban J connectivity index is 1.86. The predicted octanol–water partition coefficient (Wildman–Crippen LogP) is 4.72. The minimum atomic E-state index is -0.449. The van der Waals surface area contributed by atoms with Gasteiger partial charge in [-0.25, -0.2) is 4.90 Å². The number of aryl methyl sites for hydroxylation is 2. The summed E-state index contributed by atoms with van der Waals surface area (Å²) in [6.45, 7) is 3.99. The van der Waals surface area contributed by atoms with Gasteiger partial charge in [-0.1, -0.05) is 36.4 Å². The van der Waals surface area contributed by atoms with Crippen LogP contribution in [0.1, 0.15) is 16.7 Å². The van der Waals surface area contributed by atoms with Crippen molar-refractivity contribution in [3.63, 3.8) is 0 Å². The number of imide groups is 1. The van der Waals surface area contributed by atoms with Gasteiger partial charge in [0.15, 0.2) is 0 Å². The molecule has 0 aliphatic carbocycles. The highest BCUT2D eigenvalue weighted by molar-refractivity contribution is 6.46. The maximum atomic E-state index is 13.6. The molecule has 2 amide bonds. The summed E-state index contributed by atoms with van der Waals surface area (Å²) >= 11 is 0. The number of hydrogen-bond donors (Lipinski definition) is 1. The minimum absolute atomic E-state index is 0.206. The third-order valence-corrected chi connectivity index (χ3v) is 5.54. The monoisotopic (exact) mass is 428 g/mol. The zero-order valence-electron chi connectivity index (χ0n) is 18.4. The Labute approximate surface area is 187 Å². The number of carbonyl (C=O) groups is 2. The largest absolute Gasteiger partial charge is 0.497 e. The average molecular weight is 428 g/mol. The van der Waals surface area contributed by atoms with Crippen molar-refractivity contribution in [2.75, 3.05) is 24.4 Å². The number of amides is 2. The molecular formula is C26H24N2O4. The predicted molar refractivity (Wildman–Crippen MR) is 125 cm³/mol. The quantitative estimate of drug-likeness (QED) is 0.576. The molecule has 32 heavy (non-hydrogen) atoms. The second-order valence-electron chi connectivity index (χ2n) is 7.52. The molecule has 4 rings (SSSR count). The van der Waals surface area contributed by atoms with E-state index in [0.29, 0.717) is 34.0 Å². The number of hydrogen-bond acceptors (Lipinski definition) is 5. The van der Waals surface area contributed by atoms with E-state index in [1.54, 1.807) is 37.4 Å². The van der Waals surface area contributed by atoms with Gasteiger partial charge in [-0.3, -0.25) is 9.59 Å². The van der Waals surface area contributed by atoms with Gasteiger partial charge in [-0.2, -0.15) is 0 Å². The molecule has 0 spiro atoms. The Hall–Kier alpha value is -4.06. The van der Waals surface area contributed by atoms with Crippen molar-refractivity contribution in [1.82, 2.24) is 0 Å². The van der Waals surface area contributed by atoms with Crippen LogP contribution in [-0.2, 0) is 9.59 Å². The first kappa shape index (κ1) is 21.2. The standard InChI is InChI=1S/C26H24N2O4/c1-16-12-13-18(14-17(16)2)23-24(27-19-8-7-9-20(15-19)31-3)26(30)28(25(23)29)21-10-5-6-11-22(21)32-4/h5-15,27H,1-4H3. The van der Waals surface area contributed by atoms with Crippen molar-refractivity contribution >= 4 is 28.8 Å². The molecule has 1 aliphatic heterocycles. The Kier molecular flexibility index (Phi) is 5.69. The second kappa shape index (κ2) is 8.59. The zero-order valence-corrected chi connectivity index (χ0v) is 18.4. The third kappa shape index (κ3) is 3.71. The topological polar surface area (TPSA) is 67.9 Å². The fraction of sp³-hybridized carbons (Fsp3) is 0.154. The van der Waals surface area contributed by atoms with E-state index < -0.39 is 11.8 Å². The van der Waals surface area contributed by atoms with Crippen molar-refractivity contribution in [3.05, 3.63) is 89.1 Å². The molecule has 1 heterocycles. The molecule has 0 aromatic heterocycles. The number of rotatable bonds is 6. The minimum Gasteiger partial charge on any atom is -0.497 e. The first-order chi connectivity index (χ1) is 15.4. The van der Waals surface area contributed by atoms with Gasteiger partial charge in [0.2, 0.25) is 0 Å². The number of anilines is 2. The van der Waals surface area contributed by atoms with Crippen LogP contribution in [0.25, 0.3) is 5.57 Å². The number of benzene rings is 3. The van der Waals surface area contributed by atoms with Crippen molar-refractivity contribution in [2.24, 2.45) is 0 Å². The van der Waals surface area contributed by atoms with E-state index in [1.807, 2.05) is 50.2 Å². The lowest BCUT2D eigenvalue weighted by atomic mass is 9.99. The van der Waals surface area contributed by atoms with Gasteiger partial charge in [0.05, 0.1) is 25.5 Å². The van der Waals surface area contributed by atoms with E-state index in [1.165, 1.54) is 7.11 Å². The molecule has 6 heteroatoms. The normalized spacial score (nSPS) is 13.6. The lowest BCUT2D eigenvalue weighted by molar-refractivity contribution is -0.120. The number of carbonyl (C=O) groups excluding carboxylic acids is 2. The average Bonchev–Trinajstić information content (AvgIpc) is 3.05. The molecule has 6 nitrogen and oxygen atoms in total. The van der Waals surface area contributed by atoms with Crippen molar-refractivity contribution in [2.45, 2.75) is 13.8 Å².